The summed E-state index contributed by atoms with van der Waals surface area (Å²) in [6.07, 6.45) is 3.44. The summed E-state index contributed by atoms with van der Waals surface area (Å²) in [4.78, 5) is 26.2. The first kappa shape index (κ1) is 22.1. The van der Waals surface area contributed by atoms with Crippen LogP contribution in [0, 0.1) is 11.3 Å². The number of nitrogens with zero attached hydrogens (tertiary/aromatic N) is 4. The molecule has 1 aliphatic heterocycles. The smallest absolute Gasteiger partial charge is 0.271 e. The summed E-state index contributed by atoms with van der Waals surface area (Å²) >= 11 is 6.35. The number of hydrogen-bond acceptors (Lipinski definition) is 5. The molecule has 3 aromatic rings. The fourth-order valence-electron chi connectivity index (χ4n) is 3.60. The van der Waals surface area contributed by atoms with Crippen molar-refractivity contribution >= 4 is 29.5 Å². The minimum absolute atomic E-state index is 0.0622. The number of amides is 2. The zero-order valence-corrected chi connectivity index (χ0v) is 18.9. The largest absolute Gasteiger partial charge is 0.495 e. The number of rotatable bonds is 4. The van der Waals surface area contributed by atoms with Crippen LogP contribution in [0.1, 0.15) is 12.5 Å². The first-order chi connectivity index (χ1) is 15.8. The zero-order valence-electron chi connectivity index (χ0n) is 18.2. The molecule has 0 bridgehead atoms. The number of ether oxygens (including phenoxy) is 1. The molecule has 7 nitrogen and oxygen atoms in total. The molecule has 1 aliphatic rings. The second-order valence-electron chi connectivity index (χ2n) is 7.40. The summed E-state index contributed by atoms with van der Waals surface area (Å²) in [6, 6.07) is 16.7. The van der Waals surface area contributed by atoms with Gasteiger partial charge >= 0.3 is 0 Å². The Balaban J connectivity index is 1.94. The summed E-state index contributed by atoms with van der Waals surface area (Å²) in [5, 5.41) is 14.6. The average molecular weight is 459 g/mol. The third-order valence-corrected chi connectivity index (χ3v) is 5.73. The van der Waals surface area contributed by atoms with Crippen molar-refractivity contribution in [3.05, 3.63) is 82.0 Å². The lowest BCUT2D eigenvalue weighted by Crippen LogP contribution is -2.39. The zero-order chi connectivity index (χ0) is 23.7. The topological polar surface area (TPSA) is 88.2 Å². The first-order valence-corrected chi connectivity index (χ1v) is 10.4. The lowest BCUT2D eigenvalue weighted by atomic mass is 9.93. The van der Waals surface area contributed by atoms with E-state index in [2.05, 4.69) is 0 Å². The number of hydrogen-bond donors (Lipinski definition) is 0. The van der Waals surface area contributed by atoms with E-state index < -0.39 is 11.8 Å². The van der Waals surface area contributed by atoms with Crippen LogP contribution in [0.5, 0.6) is 5.75 Å². The highest BCUT2D eigenvalue weighted by Gasteiger charge is 2.33. The van der Waals surface area contributed by atoms with Gasteiger partial charge in [0.15, 0.2) is 0 Å². The van der Waals surface area contributed by atoms with Gasteiger partial charge in [-0.25, -0.2) is 4.68 Å². The van der Waals surface area contributed by atoms with Gasteiger partial charge in [0.2, 0.25) is 0 Å². The monoisotopic (exact) mass is 458 g/mol. The van der Waals surface area contributed by atoms with E-state index in [1.807, 2.05) is 42.5 Å². The molecule has 0 aliphatic carbocycles. The van der Waals surface area contributed by atoms with Crippen molar-refractivity contribution in [2.24, 2.45) is 0 Å². The highest BCUT2D eigenvalue weighted by atomic mass is 35.5. The molecule has 0 fully saturated rings. The summed E-state index contributed by atoms with van der Waals surface area (Å²) in [6.45, 7) is 1.60. The molecular formula is C25H19ClN4O3. The Morgan fingerprint density at radius 2 is 1.85 bits per heavy atom. The minimum Gasteiger partial charge on any atom is -0.495 e. The molecule has 0 radical (unpaired) electrons. The van der Waals surface area contributed by atoms with E-state index in [0.29, 0.717) is 27.6 Å². The van der Waals surface area contributed by atoms with E-state index in [-0.39, 0.29) is 11.1 Å². The van der Waals surface area contributed by atoms with Crippen LogP contribution in [0.2, 0.25) is 5.02 Å². The SMILES string of the molecule is COc1ccc(-c2nn(-c3ccccc3)cc2/C=C2/C(=O)N(C)C(=O)C(C#N)=C2C)cc1Cl. The van der Waals surface area contributed by atoms with Gasteiger partial charge in [-0.3, -0.25) is 14.5 Å². The molecule has 2 aromatic carbocycles. The number of carbonyl (C=O) groups is 2. The van der Waals surface area contributed by atoms with Crippen LogP contribution in [0.25, 0.3) is 23.0 Å². The Kier molecular flexibility index (Phi) is 5.86. The van der Waals surface area contributed by atoms with Crippen LogP contribution in [0.15, 0.2) is 71.4 Å². The van der Waals surface area contributed by atoms with Gasteiger partial charge in [-0.15, -0.1) is 0 Å². The van der Waals surface area contributed by atoms with Crippen molar-refractivity contribution in [1.29, 1.82) is 5.26 Å². The number of imide groups is 1. The second kappa shape index (κ2) is 8.77. The number of halogens is 1. The minimum atomic E-state index is -0.612. The molecule has 164 valence electrons. The van der Waals surface area contributed by atoms with Crippen molar-refractivity contribution in [3.63, 3.8) is 0 Å². The van der Waals surface area contributed by atoms with Gasteiger partial charge in [0, 0.05) is 29.9 Å². The van der Waals surface area contributed by atoms with Gasteiger partial charge in [-0.2, -0.15) is 10.4 Å². The number of aromatic nitrogens is 2. The molecule has 0 atom stereocenters. The summed E-state index contributed by atoms with van der Waals surface area (Å²) in [5.41, 5.74) is 3.27. The Hall–Kier alpha value is -4.15. The summed E-state index contributed by atoms with van der Waals surface area (Å²) in [5.74, 6) is -0.565. The van der Waals surface area contributed by atoms with Gasteiger partial charge in [-0.05, 0) is 48.9 Å². The van der Waals surface area contributed by atoms with E-state index >= 15 is 0 Å². The fraction of sp³-hybridized carbons (Fsp3) is 0.120. The van der Waals surface area contributed by atoms with Gasteiger partial charge in [-0.1, -0.05) is 29.8 Å². The van der Waals surface area contributed by atoms with E-state index in [1.165, 1.54) is 14.2 Å². The summed E-state index contributed by atoms with van der Waals surface area (Å²) in [7, 11) is 2.90. The Bertz CT molecular complexity index is 1380. The maximum Gasteiger partial charge on any atom is 0.271 e. The van der Waals surface area contributed by atoms with Gasteiger partial charge < -0.3 is 4.74 Å². The van der Waals surface area contributed by atoms with E-state index in [9.17, 15) is 14.9 Å². The summed E-state index contributed by atoms with van der Waals surface area (Å²) < 4.78 is 6.95. The molecule has 0 N–H and O–H groups in total. The van der Waals surface area contributed by atoms with Crippen LogP contribution in [0.4, 0.5) is 0 Å². The molecule has 33 heavy (non-hydrogen) atoms. The van der Waals surface area contributed by atoms with Gasteiger partial charge in [0.05, 0.1) is 17.8 Å². The van der Waals surface area contributed by atoms with Crippen molar-refractivity contribution in [3.8, 4) is 28.8 Å². The van der Waals surface area contributed by atoms with E-state index in [1.54, 1.807) is 36.0 Å². The predicted molar refractivity (Wildman–Crippen MR) is 125 cm³/mol. The van der Waals surface area contributed by atoms with Crippen LogP contribution in [-0.2, 0) is 9.59 Å². The molecular weight excluding hydrogens is 440 g/mol. The number of carbonyl (C=O) groups excluding carboxylic acids is 2. The Labute approximate surface area is 195 Å². The quantitative estimate of drug-likeness (QED) is 0.426. The number of nitriles is 1. The van der Waals surface area contributed by atoms with Crippen molar-refractivity contribution in [2.45, 2.75) is 6.92 Å². The maximum atomic E-state index is 12.9. The molecule has 4 rings (SSSR count). The lowest BCUT2D eigenvalue weighted by molar-refractivity contribution is -0.138. The van der Waals surface area contributed by atoms with Gasteiger partial charge in [0.1, 0.15) is 23.1 Å². The van der Waals surface area contributed by atoms with E-state index in [0.717, 1.165) is 16.2 Å². The lowest BCUT2D eigenvalue weighted by Gasteiger charge is -2.23. The second-order valence-corrected chi connectivity index (χ2v) is 7.81. The molecule has 1 aromatic heterocycles. The molecule has 0 spiro atoms. The van der Waals surface area contributed by atoms with E-state index in [4.69, 9.17) is 21.4 Å². The van der Waals surface area contributed by atoms with Crippen molar-refractivity contribution in [2.75, 3.05) is 14.2 Å². The third-order valence-electron chi connectivity index (χ3n) is 5.43. The molecule has 0 saturated carbocycles. The normalized spacial score (nSPS) is 15.2. The number of para-hydroxylation sites is 1. The molecule has 8 heteroatoms. The Morgan fingerprint density at radius 1 is 1.12 bits per heavy atom. The fourth-order valence-corrected chi connectivity index (χ4v) is 3.85. The first-order valence-electron chi connectivity index (χ1n) is 10.00. The van der Waals surface area contributed by atoms with Crippen LogP contribution in [0.3, 0.4) is 0 Å². The highest BCUT2D eigenvalue weighted by molar-refractivity contribution is 6.32. The average Bonchev–Trinajstić information content (AvgIpc) is 3.25. The third kappa shape index (κ3) is 3.93. The van der Waals surface area contributed by atoms with Gasteiger partial charge in [0.25, 0.3) is 11.8 Å². The number of likely N-dealkylation sites (N-methyl/N-ethyl adjacent to an activating group) is 1. The predicted octanol–water partition coefficient (Wildman–Crippen LogP) is 4.42. The van der Waals surface area contributed by atoms with Crippen molar-refractivity contribution in [1.82, 2.24) is 14.7 Å². The van der Waals surface area contributed by atoms with Crippen molar-refractivity contribution < 1.29 is 14.3 Å². The highest BCUT2D eigenvalue weighted by Crippen LogP contribution is 2.34. The molecule has 2 heterocycles. The maximum absolute atomic E-state index is 12.9. The molecule has 0 saturated heterocycles. The molecule has 2 amide bonds. The van der Waals surface area contributed by atoms with Crippen LogP contribution < -0.4 is 4.74 Å². The van der Waals surface area contributed by atoms with Crippen LogP contribution in [-0.4, -0.2) is 40.7 Å². The Morgan fingerprint density at radius 3 is 2.48 bits per heavy atom. The number of methoxy groups -OCH3 is 1. The standard InChI is InChI=1S/C25H19ClN4O3/c1-15-19(24(31)29(2)25(32)20(15)13-27)11-17-14-30(18-7-5-4-6-8-18)28-23(17)16-9-10-22(33-3)21(26)12-16/h4-12,14H,1-3H3/b19-11+. The molecule has 0 unspecified atom stereocenters. The number of benzene rings is 2. The van der Waals surface area contributed by atoms with Crippen LogP contribution >= 0.6 is 11.6 Å².